The van der Waals surface area contributed by atoms with Crippen LogP contribution >= 0.6 is 0 Å². The van der Waals surface area contributed by atoms with Crippen LogP contribution in [0.4, 0.5) is 11.5 Å². The number of nitrogens with zero attached hydrogens (tertiary/aromatic N) is 4. The number of rotatable bonds is 6. The lowest BCUT2D eigenvalue weighted by Crippen LogP contribution is -2.19. The lowest BCUT2D eigenvalue weighted by Gasteiger charge is -2.01. The molecule has 0 saturated heterocycles. The highest BCUT2D eigenvalue weighted by Crippen LogP contribution is 2.16. The number of hydrogen-bond donors (Lipinski definition) is 1. The molecule has 0 aliphatic carbocycles. The first kappa shape index (κ1) is 18.2. The van der Waals surface area contributed by atoms with Crippen molar-refractivity contribution in [1.29, 1.82) is 0 Å². The first-order valence-electron chi connectivity index (χ1n) is 8.56. The zero-order valence-electron chi connectivity index (χ0n) is 15.0. The molecule has 0 radical (unpaired) electrons. The fourth-order valence-corrected chi connectivity index (χ4v) is 2.84. The Kier molecular flexibility index (Phi) is 5.25. The number of pyridine rings is 1. The molecular formula is C19H19N5O3. The summed E-state index contributed by atoms with van der Waals surface area (Å²) < 4.78 is 1.39. The molecule has 1 N–H and O–H groups in total. The molecule has 8 heteroatoms. The normalized spacial score (nSPS) is 11.6. The van der Waals surface area contributed by atoms with Crippen molar-refractivity contribution in [2.45, 2.75) is 26.7 Å². The molecule has 0 atom stereocenters. The zero-order valence-corrected chi connectivity index (χ0v) is 15.0. The summed E-state index contributed by atoms with van der Waals surface area (Å²) >= 11 is 0. The van der Waals surface area contributed by atoms with E-state index in [2.05, 4.69) is 15.1 Å². The van der Waals surface area contributed by atoms with E-state index in [9.17, 15) is 14.9 Å². The van der Waals surface area contributed by atoms with Crippen molar-refractivity contribution in [2.24, 2.45) is 4.99 Å². The highest BCUT2D eigenvalue weighted by molar-refractivity contribution is 6.00. The monoisotopic (exact) mass is 365 g/mol. The van der Waals surface area contributed by atoms with E-state index in [0.717, 1.165) is 12.1 Å². The number of non-ortho nitro benzene ring substituents is 1. The van der Waals surface area contributed by atoms with Crippen LogP contribution in [0.15, 0.2) is 58.4 Å². The Morgan fingerprint density at radius 2 is 2.00 bits per heavy atom. The SMILES string of the molecule is CCCc1[nH]n(-c2ccc([N+](=O)[O-])cc2)c(=O)c1/C(C)=N/c1ccccn1. The van der Waals surface area contributed by atoms with Gasteiger partial charge in [0.15, 0.2) is 5.82 Å². The van der Waals surface area contributed by atoms with Crippen LogP contribution in [0.1, 0.15) is 31.5 Å². The predicted molar refractivity (Wildman–Crippen MR) is 103 cm³/mol. The maximum atomic E-state index is 13.0. The maximum absolute atomic E-state index is 13.0. The Morgan fingerprint density at radius 1 is 1.26 bits per heavy atom. The van der Waals surface area contributed by atoms with Gasteiger partial charge in [-0.15, -0.1) is 0 Å². The van der Waals surface area contributed by atoms with Crippen molar-refractivity contribution in [3.05, 3.63) is 80.4 Å². The number of aliphatic imine (C=N–C) groups is 1. The molecule has 0 aliphatic heterocycles. The summed E-state index contributed by atoms with van der Waals surface area (Å²) in [5.74, 6) is 0.528. The average Bonchev–Trinajstić information content (AvgIpc) is 2.99. The van der Waals surface area contributed by atoms with Gasteiger partial charge in [-0.2, -0.15) is 0 Å². The van der Waals surface area contributed by atoms with Crippen molar-refractivity contribution in [3.63, 3.8) is 0 Å². The van der Waals surface area contributed by atoms with Gasteiger partial charge in [-0.1, -0.05) is 19.4 Å². The van der Waals surface area contributed by atoms with Gasteiger partial charge >= 0.3 is 0 Å². The van der Waals surface area contributed by atoms with E-state index in [1.165, 1.54) is 16.8 Å². The van der Waals surface area contributed by atoms with Crippen LogP contribution in [0.25, 0.3) is 5.69 Å². The maximum Gasteiger partial charge on any atom is 0.280 e. The standard InChI is InChI=1S/C19H19N5O3/c1-3-6-16-18(13(2)21-17-7-4-5-12-20-17)19(25)23(22-16)14-8-10-15(11-9-14)24(26)27/h4-5,7-12,22H,3,6H2,1-2H3/b21-13+. The fraction of sp³-hybridized carbons (Fsp3) is 0.211. The van der Waals surface area contributed by atoms with Crippen molar-refractivity contribution in [1.82, 2.24) is 14.8 Å². The second kappa shape index (κ2) is 7.77. The third-order valence-corrected chi connectivity index (χ3v) is 4.08. The summed E-state index contributed by atoms with van der Waals surface area (Å²) in [6.07, 6.45) is 3.18. The Bertz CT molecular complexity index is 1030. The summed E-state index contributed by atoms with van der Waals surface area (Å²) in [4.78, 5) is 32.0. The number of nitro groups is 1. The van der Waals surface area contributed by atoms with Gasteiger partial charge in [0.2, 0.25) is 0 Å². The van der Waals surface area contributed by atoms with E-state index in [1.807, 2.05) is 13.0 Å². The molecule has 0 fully saturated rings. The number of benzene rings is 1. The van der Waals surface area contributed by atoms with Crippen LogP contribution in [0.3, 0.4) is 0 Å². The minimum Gasteiger partial charge on any atom is -0.294 e. The molecule has 3 rings (SSSR count). The summed E-state index contributed by atoms with van der Waals surface area (Å²) in [6.45, 7) is 3.80. The van der Waals surface area contributed by atoms with Gasteiger partial charge in [-0.05, 0) is 37.6 Å². The van der Waals surface area contributed by atoms with Crippen LogP contribution in [-0.2, 0) is 6.42 Å². The first-order valence-corrected chi connectivity index (χ1v) is 8.56. The van der Waals surface area contributed by atoms with Gasteiger partial charge in [0.05, 0.1) is 21.9 Å². The van der Waals surface area contributed by atoms with E-state index in [1.54, 1.807) is 37.4 Å². The molecule has 0 spiro atoms. The van der Waals surface area contributed by atoms with Gasteiger partial charge < -0.3 is 0 Å². The van der Waals surface area contributed by atoms with Crippen LogP contribution in [0.2, 0.25) is 0 Å². The second-order valence-electron chi connectivity index (χ2n) is 6.01. The van der Waals surface area contributed by atoms with Crippen molar-refractivity contribution in [3.8, 4) is 5.69 Å². The van der Waals surface area contributed by atoms with Gasteiger partial charge in [-0.3, -0.25) is 20.0 Å². The lowest BCUT2D eigenvalue weighted by molar-refractivity contribution is -0.384. The number of hydrogen-bond acceptors (Lipinski definition) is 5. The topological polar surface area (TPSA) is 106 Å². The van der Waals surface area contributed by atoms with Gasteiger partial charge in [0.25, 0.3) is 11.2 Å². The third-order valence-electron chi connectivity index (χ3n) is 4.08. The number of H-pyrrole nitrogens is 1. The minimum atomic E-state index is -0.473. The van der Waals surface area contributed by atoms with Crippen molar-refractivity contribution < 1.29 is 4.92 Å². The van der Waals surface area contributed by atoms with Gasteiger partial charge in [0.1, 0.15) is 0 Å². The molecule has 0 bridgehead atoms. The molecule has 3 aromatic rings. The van der Waals surface area contributed by atoms with Gasteiger partial charge in [0, 0.05) is 24.0 Å². The van der Waals surface area contributed by atoms with Crippen LogP contribution in [0.5, 0.6) is 0 Å². The molecular weight excluding hydrogens is 346 g/mol. The fourth-order valence-electron chi connectivity index (χ4n) is 2.84. The Hall–Kier alpha value is -3.55. The van der Waals surface area contributed by atoms with Crippen molar-refractivity contribution >= 4 is 17.2 Å². The highest BCUT2D eigenvalue weighted by Gasteiger charge is 2.18. The van der Waals surface area contributed by atoms with E-state index in [-0.39, 0.29) is 11.2 Å². The van der Waals surface area contributed by atoms with Gasteiger partial charge in [-0.25, -0.2) is 14.7 Å². The second-order valence-corrected chi connectivity index (χ2v) is 6.01. The lowest BCUT2D eigenvalue weighted by atomic mass is 10.1. The van der Waals surface area contributed by atoms with E-state index >= 15 is 0 Å². The molecule has 2 heterocycles. The number of nitrogens with one attached hydrogen (secondary N) is 1. The Balaban J connectivity index is 2.08. The predicted octanol–water partition coefficient (Wildman–Crippen LogP) is 3.56. The molecule has 0 saturated carbocycles. The summed E-state index contributed by atoms with van der Waals surface area (Å²) in [5.41, 5.74) is 2.10. The summed E-state index contributed by atoms with van der Waals surface area (Å²) in [7, 11) is 0. The Morgan fingerprint density at radius 3 is 2.59 bits per heavy atom. The smallest absolute Gasteiger partial charge is 0.280 e. The number of aromatic amines is 1. The Labute approximate surface area is 155 Å². The number of aromatic nitrogens is 3. The number of aryl methyl sites for hydroxylation is 1. The quantitative estimate of drug-likeness (QED) is 0.409. The molecule has 138 valence electrons. The van der Waals surface area contributed by atoms with E-state index in [0.29, 0.717) is 29.2 Å². The van der Waals surface area contributed by atoms with Crippen LogP contribution in [-0.4, -0.2) is 25.4 Å². The molecule has 0 unspecified atom stereocenters. The molecule has 8 nitrogen and oxygen atoms in total. The van der Waals surface area contributed by atoms with E-state index in [4.69, 9.17) is 0 Å². The largest absolute Gasteiger partial charge is 0.294 e. The molecule has 0 amide bonds. The van der Waals surface area contributed by atoms with E-state index < -0.39 is 4.92 Å². The zero-order chi connectivity index (χ0) is 19.4. The highest BCUT2D eigenvalue weighted by atomic mass is 16.6. The molecule has 1 aromatic carbocycles. The van der Waals surface area contributed by atoms with Crippen molar-refractivity contribution in [2.75, 3.05) is 0 Å². The number of nitro benzene ring substituents is 1. The molecule has 0 aliphatic rings. The molecule has 27 heavy (non-hydrogen) atoms. The summed E-state index contributed by atoms with van der Waals surface area (Å²) in [6, 6.07) is 11.2. The molecule has 2 aromatic heterocycles. The average molecular weight is 365 g/mol. The van der Waals surface area contributed by atoms with Crippen LogP contribution in [0, 0.1) is 10.1 Å². The third kappa shape index (κ3) is 3.84. The minimum absolute atomic E-state index is 0.0275. The summed E-state index contributed by atoms with van der Waals surface area (Å²) in [5, 5.41) is 13.9. The van der Waals surface area contributed by atoms with Crippen LogP contribution < -0.4 is 5.56 Å². The first-order chi connectivity index (χ1) is 13.0.